The van der Waals surface area contributed by atoms with Gasteiger partial charge in [-0.05, 0) is 0 Å². The maximum atomic E-state index is 12.8. The first kappa shape index (κ1) is 24.3. The number of carbonyl (C=O) groups is 2. The van der Waals surface area contributed by atoms with E-state index in [1.807, 2.05) is 13.8 Å². The van der Waals surface area contributed by atoms with Crippen molar-refractivity contribution in [2.24, 2.45) is 0 Å². The number of ether oxygens (including phenoxy) is 1. The summed E-state index contributed by atoms with van der Waals surface area (Å²) >= 11 is 15.1. The molecule has 0 spiro atoms. The van der Waals surface area contributed by atoms with Crippen molar-refractivity contribution in [1.82, 2.24) is 0 Å². The molecule has 26 heavy (non-hydrogen) atoms. The fourth-order valence-electron chi connectivity index (χ4n) is 2.04. The van der Waals surface area contributed by atoms with Crippen molar-refractivity contribution in [3.8, 4) is 0 Å². The molecule has 0 amide bonds. The van der Waals surface area contributed by atoms with Gasteiger partial charge in [0.2, 0.25) is 0 Å². The summed E-state index contributed by atoms with van der Waals surface area (Å²) in [7, 11) is -0.106. The van der Waals surface area contributed by atoms with Crippen molar-refractivity contribution >= 4 is 71.6 Å². The molecule has 0 N–H and O–H groups in total. The summed E-state index contributed by atoms with van der Waals surface area (Å²) in [5, 5.41) is 0.804. The minimum absolute atomic E-state index is 0.0982. The van der Waals surface area contributed by atoms with E-state index in [4.69, 9.17) is 37.0 Å². The average Bonchev–Trinajstić information content (AvgIpc) is 2.58. The van der Waals surface area contributed by atoms with E-state index in [9.17, 15) is 9.59 Å². The molecule has 1 aromatic rings. The predicted molar refractivity (Wildman–Crippen MR) is 108 cm³/mol. The van der Waals surface area contributed by atoms with Crippen LogP contribution in [0.2, 0.25) is 10.0 Å². The zero-order chi connectivity index (χ0) is 19.9. The molecular weight excluding hydrogens is 413 g/mol. The molecule has 0 fully saturated rings. The first-order valence-electron chi connectivity index (χ1n) is 8.00. The van der Waals surface area contributed by atoms with Crippen molar-refractivity contribution in [2.45, 2.75) is 30.6 Å². The van der Waals surface area contributed by atoms with Crippen LogP contribution in [0.5, 0.6) is 0 Å². The summed E-state index contributed by atoms with van der Waals surface area (Å²) in [6.45, 7) is 6.32. The second-order valence-corrected chi connectivity index (χ2v) is 9.84. The van der Waals surface area contributed by atoms with E-state index in [1.165, 1.54) is 18.5 Å². The maximum absolute atomic E-state index is 12.8. The zero-order valence-electron chi connectivity index (χ0n) is 15.4. The molecule has 140 valence electrons. The number of hydrogen-bond donors (Lipinski definition) is 0. The van der Waals surface area contributed by atoms with Crippen LogP contribution in [-0.4, -0.2) is 53.2 Å². The Kier molecular flexibility index (Phi) is 10.5. The van der Waals surface area contributed by atoms with E-state index in [0.717, 1.165) is 0 Å². The summed E-state index contributed by atoms with van der Waals surface area (Å²) < 4.78 is 14.9. The van der Waals surface area contributed by atoms with Gasteiger partial charge in [-0.1, -0.05) is 0 Å². The van der Waals surface area contributed by atoms with Crippen molar-refractivity contribution in [2.75, 3.05) is 20.3 Å². The summed E-state index contributed by atoms with van der Waals surface area (Å²) in [6.07, 6.45) is -0.0982. The van der Waals surface area contributed by atoms with Gasteiger partial charge in [-0.2, -0.15) is 0 Å². The Hall–Kier alpha value is 0.237. The van der Waals surface area contributed by atoms with Crippen LogP contribution in [-0.2, 0) is 18.6 Å². The second-order valence-electron chi connectivity index (χ2n) is 5.54. The molecule has 5 nitrogen and oxygen atoms in total. The van der Waals surface area contributed by atoms with E-state index in [0.29, 0.717) is 34.4 Å². The SMILES string of the molecule is [Li][C](CC(=O)c1cc(Cl)c(C)c(Cl)c1)(SP(OCC)OCC)C(=O)OC. The van der Waals surface area contributed by atoms with Gasteiger partial charge in [-0.3, -0.25) is 0 Å². The van der Waals surface area contributed by atoms with Crippen LogP contribution in [0.4, 0.5) is 0 Å². The Morgan fingerprint density at radius 2 is 1.69 bits per heavy atom. The fraction of sp³-hybridized carbons (Fsp3) is 0.500. The molecular formula is C16H20Cl2LiO5PS. The Bertz CT molecular complexity index is 635. The average molecular weight is 433 g/mol. The third-order valence-electron chi connectivity index (χ3n) is 3.46. The quantitative estimate of drug-likeness (QED) is 0.225. The van der Waals surface area contributed by atoms with Gasteiger partial charge in [0.05, 0.1) is 0 Å². The van der Waals surface area contributed by atoms with Gasteiger partial charge in [0, 0.05) is 0 Å². The van der Waals surface area contributed by atoms with E-state index in [1.54, 1.807) is 36.8 Å². The van der Waals surface area contributed by atoms with E-state index >= 15 is 0 Å². The van der Waals surface area contributed by atoms with Gasteiger partial charge in [-0.25, -0.2) is 0 Å². The van der Waals surface area contributed by atoms with E-state index < -0.39 is 17.0 Å². The Morgan fingerprint density at radius 3 is 2.12 bits per heavy atom. The topological polar surface area (TPSA) is 61.8 Å². The van der Waals surface area contributed by atoms with Crippen LogP contribution in [0.3, 0.4) is 0 Å². The number of halogens is 2. The molecule has 0 aliphatic rings. The number of ketones is 1. The third kappa shape index (κ3) is 6.69. The molecule has 0 saturated heterocycles. The van der Waals surface area contributed by atoms with Gasteiger partial charge in [0.25, 0.3) is 0 Å². The molecule has 1 aromatic carbocycles. The van der Waals surface area contributed by atoms with Gasteiger partial charge in [0.1, 0.15) is 0 Å². The molecule has 0 aromatic heterocycles. The zero-order valence-corrected chi connectivity index (χ0v) is 18.7. The van der Waals surface area contributed by atoms with Crippen molar-refractivity contribution in [1.29, 1.82) is 0 Å². The number of rotatable bonds is 10. The molecule has 0 heterocycles. The summed E-state index contributed by atoms with van der Waals surface area (Å²) in [5.41, 5.74) is 1.05. The molecule has 10 heteroatoms. The molecule has 1 rings (SSSR count). The number of methoxy groups -OCH3 is 1. The van der Waals surface area contributed by atoms with Gasteiger partial charge >= 0.3 is 179 Å². The molecule has 0 aliphatic carbocycles. The van der Waals surface area contributed by atoms with Gasteiger partial charge < -0.3 is 0 Å². The summed E-state index contributed by atoms with van der Waals surface area (Å²) in [4.78, 5) is 25.2. The van der Waals surface area contributed by atoms with Gasteiger partial charge in [-0.15, -0.1) is 0 Å². The monoisotopic (exact) mass is 432 g/mol. The number of Topliss-reactive ketones (excluding diaryl/α,β-unsaturated/α-hetero) is 1. The van der Waals surface area contributed by atoms with Crippen molar-refractivity contribution in [3.63, 3.8) is 0 Å². The van der Waals surface area contributed by atoms with E-state index in [-0.39, 0.29) is 12.2 Å². The van der Waals surface area contributed by atoms with Crippen LogP contribution >= 0.6 is 42.2 Å². The van der Waals surface area contributed by atoms with Crippen LogP contribution in [0, 0.1) is 6.92 Å². The number of hydrogen-bond acceptors (Lipinski definition) is 6. The van der Waals surface area contributed by atoms with Crippen LogP contribution in [0.15, 0.2) is 12.1 Å². The number of benzene rings is 1. The third-order valence-corrected chi connectivity index (χ3v) is 8.34. The van der Waals surface area contributed by atoms with Crippen LogP contribution in [0.1, 0.15) is 36.2 Å². The van der Waals surface area contributed by atoms with Crippen molar-refractivity contribution < 1.29 is 23.4 Å². The van der Waals surface area contributed by atoms with Gasteiger partial charge in [0.15, 0.2) is 0 Å². The van der Waals surface area contributed by atoms with Crippen LogP contribution in [0.25, 0.3) is 0 Å². The predicted octanol–water partition coefficient (Wildman–Crippen LogP) is 4.95. The molecule has 1 atom stereocenters. The molecule has 1 unspecified atom stereocenters. The van der Waals surface area contributed by atoms with E-state index in [2.05, 4.69) is 0 Å². The van der Waals surface area contributed by atoms with Crippen molar-refractivity contribution in [3.05, 3.63) is 33.3 Å². The Balaban J connectivity index is 3.09. The second kappa shape index (κ2) is 11.3. The number of esters is 1. The molecule has 0 bridgehead atoms. The standard InChI is InChI=1S/C16H20Cl2O5PS.Li/c1-5-22-24(23-6-2)25-15(16(20)21-4)9-14(19)11-7-12(17)10(3)13(18)8-11;/h7-8H,5-6,9H2,1-4H3;. The van der Waals surface area contributed by atoms with Crippen LogP contribution < -0.4 is 0 Å². The molecule has 0 saturated carbocycles. The molecule has 0 aliphatic heterocycles. The fourth-order valence-corrected chi connectivity index (χ4v) is 6.16. The number of carbonyl (C=O) groups excluding carboxylic acids is 2. The first-order chi connectivity index (χ1) is 12.2. The Labute approximate surface area is 178 Å². The summed E-state index contributed by atoms with van der Waals surface area (Å²) in [6, 6.07) is 3.11. The Morgan fingerprint density at radius 1 is 1.19 bits per heavy atom. The first-order valence-corrected chi connectivity index (χ1v) is 11.4. The molecule has 0 radical (unpaired) electrons. The normalized spacial score (nSPS) is 13.6. The minimum atomic E-state index is -1.39. The summed E-state index contributed by atoms with van der Waals surface area (Å²) in [5.74, 6) is -0.788.